The van der Waals surface area contributed by atoms with Crippen LogP contribution in [0.15, 0.2) is 24.3 Å². The molecule has 0 radical (unpaired) electrons. The van der Waals surface area contributed by atoms with Crippen molar-refractivity contribution in [1.29, 1.82) is 0 Å². The van der Waals surface area contributed by atoms with Gasteiger partial charge < -0.3 is 15.4 Å². The van der Waals surface area contributed by atoms with E-state index < -0.39 is 0 Å². The second kappa shape index (κ2) is 7.59. The number of benzene rings is 1. The molecule has 1 aromatic carbocycles. The van der Waals surface area contributed by atoms with Crippen molar-refractivity contribution in [2.45, 2.75) is 51.0 Å². The van der Waals surface area contributed by atoms with Crippen LogP contribution >= 0.6 is 0 Å². The van der Waals surface area contributed by atoms with Crippen LogP contribution in [0.3, 0.4) is 0 Å². The lowest BCUT2D eigenvalue weighted by Crippen LogP contribution is -2.26. The summed E-state index contributed by atoms with van der Waals surface area (Å²) in [4.78, 5) is 24.0. The molecular formula is C18H24N2O3. The highest BCUT2D eigenvalue weighted by molar-refractivity contribution is 5.95. The van der Waals surface area contributed by atoms with Crippen LogP contribution in [0.25, 0.3) is 0 Å². The van der Waals surface area contributed by atoms with E-state index in [1.807, 2.05) is 12.1 Å². The molecule has 1 aliphatic carbocycles. The Balaban J connectivity index is 1.48. The molecule has 2 amide bonds. The Hall–Kier alpha value is -1.88. The molecule has 2 aliphatic rings. The molecule has 5 nitrogen and oxygen atoms in total. The van der Waals surface area contributed by atoms with Gasteiger partial charge in [-0.2, -0.15) is 0 Å². The van der Waals surface area contributed by atoms with Crippen molar-refractivity contribution >= 4 is 23.2 Å². The van der Waals surface area contributed by atoms with E-state index in [-0.39, 0.29) is 17.9 Å². The lowest BCUT2D eigenvalue weighted by molar-refractivity contribution is -0.124. The number of carbonyl (C=O) groups is 2. The number of hydrogen-bond donors (Lipinski definition) is 2. The summed E-state index contributed by atoms with van der Waals surface area (Å²) in [6.45, 7) is 0.657. The quantitative estimate of drug-likeness (QED) is 0.875. The molecule has 1 heterocycles. The molecule has 5 heteroatoms. The SMILES string of the molecule is O=C(CC1CCCC1)Nc1ccc(NC(=O)[C@@H]2CCCO2)cc1. The predicted octanol–water partition coefficient (Wildman–Crippen LogP) is 3.32. The molecule has 1 aliphatic heterocycles. The third kappa shape index (κ3) is 4.55. The molecule has 0 spiro atoms. The summed E-state index contributed by atoms with van der Waals surface area (Å²) in [6.07, 6.45) is 6.82. The number of ether oxygens (including phenoxy) is 1. The fourth-order valence-corrected chi connectivity index (χ4v) is 3.33. The van der Waals surface area contributed by atoms with Gasteiger partial charge in [-0.3, -0.25) is 9.59 Å². The van der Waals surface area contributed by atoms with Gasteiger partial charge in [0.05, 0.1) is 0 Å². The average Bonchev–Trinajstić information content (AvgIpc) is 3.22. The first-order valence-corrected chi connectivity index (χ1v) is 8.53. The zero-order valence-electron chi connectivity index (χ0n) is 13.3. The summed E-state index contributed by atoms with van der Waals surface area (Å²) in [7, 11) is 0. The van der Waals surface area contributed by atoms with E-state index in [0.717, 1.165) is 24.2 Å². The van der Waals surface area contributed by atoms with E-state index >= 15 is 0 Å². The number of anilines is 2. The van der Waals surface area contributed by atoms with Gasteiger partial charge in [-0.1, -0.05) is 12.8 Å². The minimum atomic E-state index is -0.333. The normalized spacial score (nSPS) is 21.3. The fraction of sp³-hybridized carbons (Fsp3) is 0.556. The van der Waals surface area contributed by atoms with Crippen LogP contribution in [0.4, 0.5) is 11.4 Å². The van der Waals surface area contributed by atoms with E-state index in [1.165, 1.54) is 25.7 Å². The van der Waals surface area contributed by atoms with Gasteiger partial charge >= 0.3 is 0 Å². The Morgan fingerprint density at radius 2 is 1.61 bits per heavy atom. The fourth-order valence-electron chi connectivity index (χ4n) is 3.33. The largest absolute Gasteiger partial charge is 0.368 e. The molecular weight excluding hydrogens is 292 g/mol. The van der Waals surface area contributed by atoms with Gasteiger partial charge in [0.1, 0.15) is 6.10 Å². The molecule has 0 aromatic heterocycles. The van der Waals surface area contributed by atoms with Crippen molar-refractivity contribution in [1.82, 2.24) is 0 Å². The van der Waals surface area contributed by atoms with Gasteiger partial charge in [-0.05, 0) is 55.9 Å². The molecule has 124 valence electrons. The van der Waals surface area contributed by atoms with E-state index in [9.17, 15) is 9.59 Å². The van der Waals surface area contributed by atoms with Crippen LogP contribution < -0.4 is 10.6 Å². The smallest absolute Gasteiger partial charge is 0.253 e. The summed E-state index contributed by atoms with van der Waals surface area (Å²) in [5.41, 5.74) is 1.49. The molecule has 1 aromatic rings. The second-order valence-corrected chi connectivity index (χ2v) is 6.47. The van der Waals surface area contributed by atoms with E-state index in [1.54, 1.807) is 12.1 Å². The monoisotopic (exact) mass is 316 g/mol. The first-order valence-electron chi connectivity index (χ1n) is 8.53. The maximum absolute atomic E-state index is 12.0. The lowest BCUT2D eigenvalue weighted by Gasteiger charge is -2.12. The Morgan fingerprint density at radius 1 is 0.957 bits per heavy atom. The average molecular weight is 316 g/mol. The van der Waals surface area contributed by atoms with Crippen molar-refractivity contribution in [3.05, 3.63) is 24.3 Å². The lowest BCUT2D eigenvalue weighted by atomic mass is 10.0. The maximum atomic E-state index is 12.0. The molecule has 0 bridgehead atoms. The Labute approximate surface area is 136 Å². The van der Waals surface area contributed by atoms with Crippen LogP contribution in [0.5, 0.6) is 0 Å². The summed E-state index contributed by atoms with van der Waals surface area (Å²) in [5.74, 6) is 0.522. The number of carbonyl (C=O) groups excluding carboxylic acids is 2. The van der Waals surface area contributed by atoms with Crippen molar-refractivity contribution in [3.8, 4) is 0 Å². The molecule has 3 rings (SSSR count). The molecule has 1 saturated carbocycles. The van der Waals surface area contributed by atoms with Crippen molar-refractivity contribution < 1.29 is 14.3 Å². The number of hydrogen-bond acceptors (Lipinski definition) is 3. The highest BCUT2D eigenvalue weighted by atomic mass is 16.5. The number of amides is 2. The Bertz CT molecular complexity index is 544. The Kier molecular flexibility index (Phi) is 5.28. The molecule has 23 heavy (non-hydrogen) atoms. The van der Waals surface area contributed by atoms with Crippen molar-refractivity contribution in [2.75, 3.05) is 17.2 Å². The van der Waals surface area contributed by atoms with Gasteiger partial charge in [0, 0.05) is 24.4 Å². The summed E-state index contributed by atoms with van der Waals surface area (Å²) < 4.78 is 5.36. The third-order valence-electron chi connectivity index (χ3n) is 4.61. The van der Waals surface area contributed by atoms with Crippen LogP contribution in [0.2, 0.25) is 0 Å². The van der Waals surface area contributed by atoms with Crippen LogP contribution in [0.1, 0.15) is 44.9 Å². The standard InChI is InChI=1S/C18H24N2O3/c21-17(12-13-4-1-2-5-13)19-14-7-9-15(10-8-14)20-18(22)16-6-3-11-23-16/h7-10,13,16H,1-6,11-12H2,(H,19,21)(H,20,22)/t16-/m0/s1. The minimum absolute atomic E-state index is 0.0769. The second-order valence-electron chi connectivity index (χ2n) is 6.47. The highest BCUT2D eigenvalue weighted by Crippen LogP contribution is 2.28. The maximum Gasteiger partial charge on any atom is 0.253 e. The van der Waals surface area contributed by atoms with Crippen LogP contribution in [0, 0.1) is 5.92 Å². The van der Waals surface area contributed by atoms with E-state index in [4.69, 9.17) is 4.74 Å². The zero-order chi connectivity index (χ0) is 16.1. The Morgan fingerprint density at radius 3 is 2.22 bits per heavy atom. The van der Waals surface area contributed by atoms with Gasteiger partial charge in [0.15, 0.2) is 0 Å². The summed E-state index contributed by atoms with van der Waals surface area (Å²) >= 11 is 0. The van der Waals surface area contributed by atoms with Gasteiger partial charge in [-0.15, -0.1) is 0 Å². The predicted molar refractivity (Wildman–Crippen MR) is 89.3 cm³/mol. The molecule has 1 saturated heterocycles. The first kappa shape index (κ1) is 16.0. The molecule has 1 atom stereocenters. The molecule has 2 N–H and O–H groups in total. The van der Waals surface area contributed by atoms with Crippen molar-refractivity contribution in [2.24, 2.45) is 5.92 Å². The third-order valence-corrected chi connectivity index (χ3v) is 4.61. The molecule has 0 unspecified atom stereocenters. The topological polar surface area (TPSA) is 67.4 Å². The summed E-state index contributed by atoms with van der Waals surface area (Å²) in [5, 5.41) is 5.77. The summed E-state index contributed by atoms with van der Waals surface area (Å²) in [6, 6.07) is 7.24. The van der Waals surface area contributed by atoms with Crippen LogP contribution in [-0.4, -0.2) is 24.5 Å². The molecule has 2 fully saturated rings. The van der Waals surface area contributed by atoms with E-state index in [2.05, 4.69) is 10.6 Å². The van der Waals surface area contributed by atoms with Crippen molar-refractivity contribution in [3.63, 3.8) is 0 Å². The van der Waals surface area contributed by atoms with Gasteiger partial charge in [0.2, 0.25) is 5.91 Å². The van der Waals surface area contributed by atoms with Gasteiger partial charge in [0.25, 0.3) is 5.91 Å². The van der Waals surface area contributed by atoms with E-state index in [0.29, 0.717) is 18.9 Å². The highest BCUT2D eigenvalue weighted by Gasteiger charge is 2.23. The number of rotatable bonds is 5. The van der Waals surface area contributed by atoms with Gasteiger partial charge in [-0.25, -0.2) is 0 Å². The van der Waals surface area contributed by atoms with Crippen LogP contribution in [-0.2, 0) is 14.3 Å². The minimum Gasteiger partial charge on any atom is -0.368 e. The number of nitrogens with one attached hydrogen (secondary N) is 2. The first-order chi connectivity index (χ1) is 11.2. The zero-order valence-corrected chi connectivity index (χ0v) is 13.3.